The van der Waals surface area contributed by atoms with E-state index in [-0.39, 0.29) is 17.3 Å². The number of rotatable bonds is 6. The van der Waals surface area contributed by atoms with Gasteiger partial charge < -0.3 is 14.2 Å². The van der Waals surface area contributed by atoms with Crippen molar-refractivity contribution in [2.24, 2.45) is 17.3 Å². The zero-order chi connectivity index (χ0) is 17.3. The maximum atomic E-state index is 12.3. The molecule has 1 aliphatic carbocycles. The summed E-state index contributed by atoms with van der Waals surface area (Å²) in [6, 6.07) is 5.96. The second-order valence-corrected chi connectivity index (χ2v) is 7.53. The Bertz CT molecular complexity index is 656. The van der Waals surface area contributed by atoms with Gasteiger partial charge in [-0.25, -0.2) is 0 Å². The fourth-order valence-corrected chi connectivity index (χ4v) is 3.43. The molecule has 2 unspecified atom stereocenters. The number of hydrogen-bond acceptors (Lipinski definition) is 4. The van der Waals surface area contributed by atoms with Crippen LogP contribution in [0.1, 0.15) is 39.7 Å². The lowest BCUT2D eigenvalue weighted by atomic mass is 10.1. The van der Waals surface area contributed by atoms with Gasteiger partial charge in [0.2, 0.25) is 6.79 Å². The first-order chi connectivity index (χ1) is 11.4. The van der Waals surface area contributed by atoms with Gasteiger partial charge in [-0.1, -0.05) is 31.6 Å². The third kappa shape index (κ3) is 3.42. The van der Waals surface area contributed by atoms with Crippen LogP contribution in [-0.4, -0.2) is 19.4 Å². The molecule has 24 heavy (non-hydrogen) atoms. The van der Waals surface area contributed by atoms with Crippen LogP contribution in [0.4, 0.5) is 0 Å². The average Bonchev–Trinajstić information content (AvgIpc) is 2.87. The quantitative estimate of drug-likeness (QED) is 0.447. The lowest BCUT2D eigenvalue weighted by molar-refractivity contribution is -0.146. The van der Waals surface area contributed by atoms with Crippen LogP contribution < -0.4 is 9.47 Å². The van der Waals surface area contributed by atoms with Crippen LogP contribution in [0.15, 0.2) is 29.8 Å². The van der Waals surface area contributed by atoms with Gasteiger partial charge in [-0.3, -0.25) is 4.79 Å². The summed E-state index contributed by atoms with van der Waals surface area (Å²) in [5.41, 5.74) is 2.45. The van der Waals surface area contributed by atoms with Gasteiger partial charge in [0.25, 0.3) is 0 Å². The van der Waals surface area contributed by atoms with Crippen LogP contribution in [0.2, 0.25) is 0 Å². The minimum absolute atomic E-state index is 0.00190. The van der Waals surface area contributed by atoms with Crippen molar-refractivity contribution in [3.05, 3.63) is 35.4 Å². The van der Waals surface area contributed by atoms with E-state index in [1.807, 2.05) is 18.2 Å². The van der Waals surface area contributed by atoms with Gasteiger partial charge in [0.05, 0.1) is 12.5 Å². The Hall–Kier alpha value is -1.97. The van der Waals surface area contributed by atoms with Crippen LogP contribution >= 0.6 is 0 Å². The summed E-state index contributed by atoms with van der Waals surface area (Å²) < 4.78 is 16.2. The van der Waals surface area contributed by atoms with E-state index in [4.69, 9.17) is 14.2 Å². The number of ether oxygens (including phenoxy) is 3. The van der Waals surface area contributed by atoms with Crippen LogP contribution in [0, 0.1) is 17.3 Å². The van der Waals surface area contributed by atoms with E-state index in [2.05, 4.69) is 33.8 Å². The summed E-state index contributed by atoms with van der Waals surface area (Å²) in [4.78, 5) is 12.3. The highest BCUT2D eigenvalue weighted by Gasteiger charge is 2.61. The van der Waals surface area contributed by atoms with Crippen molar-refractivity contribution in [3.63, 3.8) is 0 Å². The van der Waals surface area contributed by atoms with Crippen molar-refractivity contribution in [2.45, 2.75) is 40.5 Å². The molecular formula is C20H26O4. The van der Waals surface area contributed by atoms with E-state index in [0.29, 0.717) is 19.3 Å². The maximum absolute atomic E-state index is 12.3. The molecule has 0 spiro atoms. The molecule has 1 aliphatic heterocycles. The van der Waals surface area contributed by atoms with Crippen LogP contribution in [-0.2, 0) is 16.0 Å². The number of hydrogen-bond donors (Lipinski definition) is 0. The molecule has 3 rings (SSSR count). The predicted molar refractivity (Wildman–Crippen MR) is 92.0 cm³/mol. The van der Waals surface area contributed by atoms with Gasteiger partial charge >= 0.3 is 5.97 Å². The van der Waals surface area contributed by atoms with E-state index < -0.39 is 0 Å². The number of benzene rings is 1. The lowest BCUT2D eigenvalue weighted by Gasteiger charge is -2.06. The monoisotopic (exact) mass is 330 g/mol. The largest absolute Gasteiger partial charge is 0.465 e. The normalized spacial score (nSPS) is 22.8. The molecule has 4 heteroatoms. The molecule has 1 aromatic rings. The summed E-state index contributed by atoms with van der Waals surface area (Å²) >= 11 is 0. The highest BCUT2D eigenvalue weighted by atomic mass is 16.7. The predicted octanol–water partition coefficient (Wildman–Crippen LogP) is 4.13. The number of fused-ring (bicyclic) bond motifs is 1. The number of aryl methyl sites for hydroxylation is 1. The third-order valence-electron chi connectivity index (χ3n) is 4.97. The first-order valence-electron chi connectivity index (χ1n) is 8.60. The van der Waals surface area contributed by atoms with Crippen molar-refractivity contribution in [1.82, 2.24) is 0 Å². The first-order valence-corrected chi connectivity index (χ1v) is 8.60. The Morgan fingerprint density at radius 1 is 1.29 bits per heavy atom. The second kappa shape index (κ2) is 6.50. The van der Waals surface area contributed by atoms with E-state index in [9.17, 15) is 4.79 Å². The van der Waals surface area contributed by atoms with E-state index in [1.54, 1.807) is 0 Å². The SMILES string of the molecule is CC(C)=CC1C(C(=O)OCCCc2ccc3c(c2)OCO3)C1(C)C. The minimum Gasteiger partial charge on any atom is -0.465 e. The molecular weight excluding hydrogens is 304 g/mol. The molecule has 1 heterocycles. The van der Waals surface area contributed by atoms with Crippen LogP contribution in [0.3, 0.4) is 0 Å². The summed E-state index contributed by atoms with van der Waals surface area (Å²) in [6.07, 6.45) is 3.86. The molecule has 4 nitrogen and oxygen atoms in total. The number of carbonyl (C=O) groups excluding carboxylic acids is 1. The molecule has 0 aromatic heterocycles. The molecule has 0 saturated heterocycles. The molecule has 0 amide bonds. The summed E-state index contributed by atoms with van der Waals surface area (Å²) in [5, 5.41) is 0. The van der Waals surface area contributed by atoms with Gasteiger partial charge in [0.15, 0.2) is 11.5 Å². The number of esters is 1. The Kier molecular flexibility index (Phi) is 4.57. The fraction of sp³-hybridized carbons (Fsp3) is 0.550. The smallest absolute Gasteiger partial charge is 0.310 e. The topological polar surface area (TPSA) is 44.8 Å². The van der Waals surface area contributed by atoms with Crippen molar-refractivity contribution in [1.29, 1.82) is 0 Å². The highest BCUT2D eigenvalue weighted by Crippen LogP contribution is 2.59. The van der Waals surface area contributed by atoms with E-state index in [1.165, 1.54) is 11.1 Å². The minimum atomic E-state index is -0.0619. The molecule has 1 saturated carbocycles. The van der Waals surface area contributed by atoms with Gasteiger partial charge in [-0.15, -0.1) is 0 Å². The zero-order valence-corrected chi connectivity index (χ0v) is 14.9. The van der Waals surface area contributed by atoms with E-state index >= 15 is 0 Å². The summed E-state index contributed by atoms with van der Waals surface area (Å²) in [5.74, 6) is 1.84. The van der Waals surface area contributed by atoms with Gasteiger partial charge in [-0.2, -0.15) is 0 Å². The molecule has 1 fully saturated rings. The van der Waals surface area contributed by atoms with Crippen molar-refractivity contribution >= 4 is 5.97 Å². The average molecular weight is 330 g/mol. The van der Waals surface area contributed by atoms with Gasteiger partial charge in [-0.05, 0) is 55.7 Å². The summed E-state index contributed by atoms with van der Waals surface area (Å²) in [7, 11) is 0. The Labute approximate surface area is 143 Å². The Morgan fingerprint density at radius 3 is 2.79 bits per heavy atom. The lowest BCUT2D eigenvalue weighted by Crippen LogP contribution is -2.12. The highest BCUT2D eigenvalue weighted by molar-refractivity contribution is 5.78. The Balaban J connectivity index is 1.44. The van der Waals surface area contributed by atoms with Gasteiger partial charge in [0, 0.05) is 0 Å². The van der Waals surface area contributed by atoms with E-state index in [0.717, 1.165) is 24.3 Å². The van der Waals surface area contributed by atoms with Gasteiger partial charge in [0.1, 0.15) is 0 Å². The third-order valence-corrected chi connectivity index (χ3v) is 4.97. The molecule has 1 aromatic carbocycles. The molecule has 130 valence electrons. The first kappa shape index (κ1) is 16.9. The second-order valence-electron chi connectivity index (χ2n) is 7.53. The summed E-state index contributed by atoms with van der Waals surface area (Å²) in [6.45, 7) is 9.16. The van der Waals surface area contributed by atoms with Crippen LogP contribution in [0.5, 0.6) is 11.5 Å². The van der Waals surface area contributed by atoms with Crippen molar-refractivity contribution < 1.29 is 19.0 Å². The number of carbonyl (C=O) groups is 1. The molecule has 0 N–H and O–H groups in total. The molecule has 2 aliphatic rings. The standard InChI is InChI=1S/C20H26O4/c1-13(2)10-15-18(20(15,3)4)19(21)22-9-5-6-14-7-8-16-17(11-14)24-12-23-16/h7-8,10-11,15,18H,5-6,9,12H2,1-4H3. The van der Waals surface area contributed by atoms with Crippen molar-refractivity contribution in [2.75, 3.05) is 13.4 Å². The molecule has 2 atom stereocenters. The maximum Gasteiger partial charge on any atom is 0.310 e. The van der Waals surface area contributed by atoms with Crippen molar-refractivity contribution in [3.8, 4) is 11.5 Å². The zero-order valence-electron chi connectivity index (χ0n) is 14.9. The fourth-order valence-electron chi connectivity index (χ4n) is 3.43. The molecule has 0 bridgehead atoms. The molecule has 0 radical (unpaired) electrons. The van der Waals surface area contributed by atoms with Crippen LogP contribution in [0.25, 0.3) is 0 Å². The number of allylic oxidation sites excluding steroid dienone is 2. The Morgan fingerprint density at radius 2 is 2.04 bits per heavy atom.